The zero-order valence-corrected chi connectivity index (χ0v) is 11.7. The van der Waals surface area contributed by atoms with Gasteiger partial charge in [0.05, 0.1) is 13.2 Å². The van der Waals surface area contributed by atoms with Crippen LogP contribution in [0.5, 0.6) is 5.75 Å². The molecule has 0 aliphatic rings. The number of hydrogen-bond donors (Lipinski definition) is 0. The van der Waals surface area contributed by atoms with Gasteiger partial charge in [0.15, 0.2) is 0 Å². The Bertz CT molecular complexity index is 421. The van der Waals surface area contributed by atoms with Gasteiger partial charge in [-0.05, 0) is 24.6 Å². The normalized spacial score (nSPS) is 10.7. The van der Waals surface area contributed by atoms with E-state index in [0.29, 0.717) is 12.3 Å². The SMILES string of the molecule is COc1ccc(C(C)C)cc1CN(C)CCC#N. The Hall–Kier alpha value is -1.53. The number of nitrogens with zero attached hydrogens (tertiary/aromatic N) is 2. The van der Waals surface area contributed by atoms with Crippen LogP contribution in [0.1, 0.15) is 37.3 Å². The summed E-state index contributed by atoms with van der Waals surface area (Å²) in [5, 5.41) is 8.60. The summed E-state index contributed by atoms with van der Waals surface area (Å²) in [6, 6.07) is 8.51. The predicted octanol–water partition coefficient (Wildman–Crippen LogP) is 3.16. The van der Waals surface area contributed by atoms with E-state index < -0.39 is 0 Å². The van der Waals surface area contributed by atoms with Crippen molar-refractivity contribution in [3.8, 4) is 11.8 Å². The molecule has 0 heterocycles. The molecule has 1 aromatic rings. The van der Waals surface area contributed by atoms with Crippen LogP contribution in [0.3, 0.4) is 0 Å². The van der Waals surface area contributed by atoms with E-state index in [1.54, 1.807) is 7.11 Å². The van der Waals surface area contributed by atoms with Crippen molar-refractivity contribution in [2.24, 2.45) is 0 Å². The topological polar surface area (TPSA) is 36.3 Å². The van der Waals surface area contributed by atoms with Crippen molar-refractivity contribution >= 4 is 0 Å². The van der Waals surface area contributed by atoms with Crippen LogP contribution in [0.15, 0.2) is 18.2 Å². The zero-order valence-electron chi connectivity index (χ0n) is 11.7. The van der Waals surface area contributed by atoms with E-state index in [4.69, 9.17) is 10.00 Å². The Morgan fingerprint density at radius 1 is 1.39 bits per heavy atom. The third kappa shape index (κ3) is 4.05. The van der Waals surface area contributed by atoms with Gasteiger partial charge in [-0.2, -0.15) is 5.26 Å². The molecule has 0 fully saturated rings. The Kier molecular flexibility index (Phi) is 5.67. The van der Waals surface area contributed by atoms with E-state index in [0.717, 1.165) is 18.8 Å². The summed E-state index contributed by atoms with van der Waals surface area (Å²) in [7, 11) is 3.72. The van der Waals surface area contributed by atoms with Crippen LogP contribution in [-0.2, 0) is 6.54 Å². The van der Waals surface area contributed by atoms with Crippen molar-refractivity contribution in [2.45, 2.75) is 32.7 Å². The fourth-order valence-corrected chi connectivity index (χ4v) is 1.89. The molecule has 18 heavy (non-hydrogen) atoms. The van der Waals surface area contributed by atoms with Gasteiger partial charge in [0, 0.05) is 25.1 Å². The minimum atomic E-state index is 0.513. The summed E-state index contributed by atoms with van der Waals surface area (Å²) < 4.78 is 5.39. The molecule has 0 N–H and O–H groups in total. The van der Waals surface area contributed by atoms with Crippen molar-refractivity contribution in [1.29, 1.82) is 5.26 Å². The molecule has 0 saturated heterocycles. The molecule has 0 spiro atoms. The third-order valence-corrected chi connectivity index (χ3v) is 3.02. The second kappa shape index (κ2) is 7.03. The monoisotopic (exact) mass is 246 g/mol. The molecule has 3 nitrogen and oxygen atoms in total. The quantitative estimate of drug-likeness (QED) is 0.773. The molecule has 1 aromatic carbocycles. The Morgan fingerprint density at radius 3 is 2.67 bits per heavy atom. The molecule has 0 unspecified atom stereocenters. The first-order valence-electron chi connectivity index (χ1n) is 6.30. The summed E-state index contributed by atoms with van der Waals surface area (Å²) in [4.78, 5) is 2.14. The number of benzene rings is 1. The second-order valence-electron chi connectivity index (χ2n) is 4.87. The average Bonchev–Trinajstić information content (AvgIpc) is 2.36. The molecule has 0 radical (unpaired) electrons. The molecule has 3 heteroatoms. The lowest BCUT2D eigenvalue weighted by Crippen LogP contribution is -2.19. The lowest BCUT2D eigenvalue weighted by atomic mass is 10.00. The molecular weight excluding hydrogens is 224 g/mol. The van der Waals surface area contributed by atoms with Crippen molar-refractivity contribution in [1.82, 2.24) is 4.90 Å². The highest BCUT2D eigenvalue weighted by Gasteiger charge is 2.09. The summed E-state index contributed by atoms with van der Waals surface area (Å²) in [5.41, 5.74) is 2.50. The standard InChI is InChI=1S/C15H22N2O/c1-12(2)13-6-7-15(18-4)14(10-13)11-17(3)9-5-8-16/h6-7,10,12H,5,9,11H2,1-4H3. The van der Waals surface area contributed by atoms with Crippen LogP contribution < -0.4 is 4.74 Å². The van der Waals surface area contributed by atoms with Crippen LogP contribution in [0.25, 0.3) is 0 Å². The molecule has 0 saturated carbocycles. The van der Waals surface area contributed by atoms with Gasteiger partial charge in [-0.25, -0.2) is 0 Å². The molecule has 0 aliphatic carbocycles. The summed E-state index contributed by atoms with van der Waals surface area (Å²) in [6.45, 7) is 5.97. The number of rotatable bonds is 6. The fraction of sp³-hybridized carbons (Fsp3) is 0.533. The van der Waals surface area contributed by atoms with Crippen molar-refractivity contribution in [3.63, 3.8) is 0 Å². The molecule has 0 bridgehead atoms. The molecule has 1 rings (SSSR count). The molecule has 0 aromatic heterocycles. The number of ether oxygens (including phenoxy) is 1. The van der Waals surface area contributed by atoms with Gasteiger partial charge in [-0.3, -0.25) is 0 Å². The van der Waals surface area contributed by atoms with Crippen LogP contribution in [0.2, 0.25) is 0 Å². The number of nitriles is 1. The zero-order chi connectivity index (χ0) is 13.5. The minimum Gasteiger partial charge on any atom is -0.496 e. The average molecular weight is 246 g/mol. The van der Waals surface area contributed by atoms with E-state index in [2.05, 4.69) is 36.9 Å². The molecule has 0 aliphatic heterocycles. The van der Waals surface area contributed by atoms with Gasteiger partial charge in [-0.1, -0.05) is 26.0 Å². The van der Waals surface area contributed by atoms with E-state index in [-0.39, 0.29) is 0 Å². The number of hydrogen-bond acceptors (Lipinski definition) is 3. The van der Waals surface area contributed by atoms with E-state index >= 15 is 0 Å². The van der Waals surface area contributed by atoms with Crippen LogP contribution >= 0.6 is 0 Å². The summed E-state index contributed by atoms with van der Waals surface area (Å²) >= 11 is 0. The summed E-state index contributed by atoms with van der Waals surface area (Å²) in [5.74, 6) is 1.43. The number of methoxy groups -OCH3 is 1. The minimum absolute atomic E-state index is 0.513. The van der Waals surface area contributed by atoms with Crippen molar-refractivity contribution in [2.75, 3.05) is 20.7 Å². The van der Waals surface area contributed by atoms with Gasteiger partial charge in [0.2, 0.25) is 0 Å². The molecule has 98 valence electrons. The van der Waals surface area contributed by atoms with Crippen LogP contribution in [-0.4, -0.2) is 25.6 Å². The third-order valence-electron chi connectivity index (χ3n) is 3.02. The highest BCUT2D eigenvalue weighted by atomic mass is 16.5. The Morgan fingerprint density at radius 2 is 2.11 bits per heavy atom. The molecule has 0 atom stereocenters. The van der Waals surface area contributed by atoms with Crippen LogP contribution in [0.4, 0.5) is 0 Å². The largest absolute Gasteiger partial charge is 0.496 e. The highest BCUT2D eigenvalue weighted by molar-refractivity contribution is 5.38. The van der Waals surface area contributed by atoms with Gasteiger partial charge in [-0.15, -0.1) is 0 Å². The second-order valence-corrected chi connectivity index (χ2v) is 4.87. The maximum Gasteiger partial charge on any atom is 0.123 e. The van der Waals surface area contributed by atoms with Crippen molar-refractivity contribution < 1.29 is 4.74 Å². The first-order chi connectivity index (χ1) is 8.58. The highest BCUT2D eigenvalue weighted by Crippen LogP contribution is 2.25. The Labute approximate surface area is 110 Å². The lowest BCUT2D eigenvalue weighted by Gasteiger charge is -2.18. The molecular formula is C15H22N2O. The maximum atomic E-state index is 8.60. The fourth-order valence-electron chi connectivity index (χ4n) is 1.89. The van der Waals surface area contributed by atoms with Crippen molar-refractivity contribution in [3.05, 3.63) is 29.3 Å². The lowest BCUT2D eigenvalue weighted by molar-refractivity contribution is 0.324. The van der Waals surface area contributed by atoms with E-state index in [1.165, 1.54) is 11.1 Å². The van der Waals surface area contributed by atoms with Crippen LogP contribution in [0, 0.1) is 11.3 Å². The van der Waals surface area contributed by atoms with Gasteiger partial charge in [0.1, 0.15) is 5.75 Å². The smallest absolute Gasteiger partial charge is 0.123 e. The maximum absolute atomic E-state index is 8.60. The first kappa shape index (κ1) is 14.5. The summed E-state index contributed by atoms with van der Waals surface area (Å²) in [6.07, 6.45) is 0.558. The van der Waals surface area contributed by atoms with E-state index in [1.807, 2.05) is 13.1 Å². The van der Waals surface area contributed by atoms with Gasteiger partial charge < -0.3 is 9.64 Å². The van der Waals surface area contributed by atoms with Gasteiger partial charge in [0.25, 0.3) is 0 Å². The first-order valence-corrected chi connectivity index (χ1v) is 6.30. The predicted molar refractivity (Wildman–Crippen MR) is 73.6 cm³/mol. The Balaban J connectivity index is 2.84. The van der Waals surface area contributed by atoms with E-state index in [9.17, 15) is 0 Å². The molecule has 0 amide bonds. The van der Waals surface area contributed by atoms with Gasteiger partial charge >= 0.3 is 0 Å².